The van der Waals surface area contributed by atoms with Gasteiger partial charge in [0, 0.05) is 38.3 Å². The molecule has 1 heterocycles. The summed E-state index contributed by atoms with van der Waals surface area (Å²) in [5.41, 5.74) is 2.78. The van der Waals surface area contributed by atoms with E-state index in [0.29, 0.717) is 30.3 Å². The summed E-state index contributed by atoms with van der Waals surface area (Å²) in [5.74, 6) is 0.147. The maximum absolute atomic E-state index is 12.6. The molecule has 0 fully saturated rings. The molecule has 0 spiro atoms. The highest BCUT2D eigenvalue weighted by atomic mass is 19.1. The molecule has 0 unspecified atom stereocenters. The summed E-state index contributed by atoms with van der Waals surface area (Å²) >= 11 is 0. The van der Waals surface area contributed by atoms with Crippen LogP contribution in [-0.4, -0.2) is 60.6 Å². The maximum Gasteiger partial charge on any atom is 0.340 e. The topological polar surface area (TPSA) is 105 Å². The zero-order chi connectivity index (χ0) is 28.6. The minimum atomic E-state index is -0.398. The van der Waals surface area contributed by atoms with E-state index < -0.39 is 5.82 Å². The molecule has 0 atom stereocenters. The van der Waals surface area contributed by atoms with Gasteiger partial charge in [0.05, 0.1) is 26.4 Å². The molecule has 0 aliphatic heterocycles. The number of carbonyl (C=O) groups excluding carboxylic acids is 3. The lowest BCUT2D eigenvalue weighted by Crippen LogP contribution is -2.43. The lowest BCUT2D eigenvalue weighted by Gasteiger charge is -2.22. The molecule has 0 aliphatic carbocycles. The van der Waals surface area contributed by atoms with E-state index in [9.17, 15) is 18.8 Å². The van der Waals surface area contributed by atoms with Gasteiger partial charge in [-0.2, -0.15) is 0 Å². The average Bonchev–Trinajstić information content (AvgIpc) is 2.96. The fraction of sp³-hybridized carbons (Fsp3) is 0.250. The molecule has 0 radical (unpaired) electrons. The highest BCUT2D eigenvalue weighted by Gasteiger charge is 2.12. The molecule has 1 N–H and O–H groups in total. The second-order valence-electron chi connectivity index (χ2n) is 8.27. The standard InChI is InChI=1S/C16H23N3O4.C12H8FN2O/c1-13-4-6-14(7-5-13)10-19(12-20)11-17-16(22)18(2)9-8-15(21)23-3;1-14-10-3-5-11(6-4-10)16-12-7-2-9(13)8-15-12/h4-7,12H,8-11H2,1-3H3,(H,17,22);1-8H/q;+1. The van der Waals surface area contributed by atoms with Crippen molar-refractivity contribution in [1.29, 1.82) is 0 Å². The van der Waals surface area contributed by atoms with Gasteiger partial charge in [0.2, 0.25) is 12.3 Å². The smallest absolute Gasteiger partial charge is 0.340 e. The molecule has 1 aromatic heterocycles. The van der Waals surface area contributed by atoms with Crippen LogP contribution in [0.4, 0.5) is 14.9 Å². The molecule has 0 aliphatic rings. The number of aromatic nitrogens is 1. The molecule has 0 saturated carbocycles. The minimum absolute atomic E-state index is 0.0960. The highest BCUT2D eigenvalue weighted by Crippen LogP contribution is 2.22. The number of hydrogen-bond donors (Lipinski definition) is 1. The monoisotopic (exact) mass is 536 g/mol. The third-order valence-corrected chi connectivity index (χ3v) is 5.22. The molecule has 3 rings (SSSR count). The molecule has 0 bridgehead atoms. The minimum Gasteiger partial charge on any atom is -0.469 e. The first-order chi connectivity index (χ1) is 18.7. The quantitative estimate of drug-likeness (QED) is 0.228. The molecule has 2 aromatic carbocycles. The van der Waals surface area contributed by atoms with Crippen molar-refractivity contribution < 1.29 is 28.2 Å². The Hall–Kier alpha value is -4.98. The molecule has 39 heavy (non-hydrogen) atoms. The Labute approximate surface area is 226 Å². The summed E-state index contributed by atoms with van der Waals surface area (Å²) in [6.45, 7) is 7.85. The summed E-state index contributed by atoms with van der Waals surface area (Å²) < 4.78 is 22.5. The van der Waals surface area contributed by atoms with Crippen molar-refractivity contribution in [3.8, 4) is 18.2 Å². The number of hydrogen-bond acceptors (Lipinski definition) is 6. The van der Waals surface area contributed by atoms with Crippen LogP contribution < -0.4 is 10.1 Å². The van der Waals surface area contributed by atoms with E-state index in [0.717, 1.165) is 17.3 Å². The van der Waals surface area contributed by atoms with Crippen molar-refractivity contribution in [1.82, 2.24) is 20.1 Å². The predicted molar refractivity (Wildman–Crippen MR) is 144 cm³/mol. The van der Waals surface area contributed by atoms with E-state index in [1.54, 1.807) is 31.3 Å². The molecular weight excluding hydrogens is 505 g/mol. The van der Waals surface area contributed by atoms with Crippen LogP contribution in [0.5, 0.6) is 11.6 Å². The van der Waals surface area contributed by atoms with Gasteiger partial charge in [-0.25, -0.2) is 14.2 Å². The number of nitrogens with one attached hydrogen (secondary N) is 1. The molecule has 0 saturated heterocycles. The van der Waals surface area contributed by atoms with E-state index in [1.807, 2.05) is 31.2 Å². The van der Waals surface area contributed by atoms with Crippen LogP contribution in [0.25, 0.3) is 4.85 Å². The number of aryl methyl sites for hydroxylation is 1. The number of esters is 1. The number of rotatable bonds is 10. The normalized spacial score (nSPS) is 9.72. The summed E-state index contributed by atoms with van der Waals surface area (Å²) in [7, 11) is 2.87. The zero-order valence-electron chi connectivity index (χ0n) is 22.0. The fourth-order valence-electron chi connectivity index (χ4n) is 2.97. The number of ether oxygens (including phenoxy) is 2. The van der Waals surface area contributed by atoms with Gasteiger partial charge >= 0.3 is 17.7 Å². The summed E-state index contributed by atoms with van der Waals surface area (Å²) in [6.07, 6.45) is 1.91. The third-order valence-electron chi connectivity index (χ3n) is 5.22. The number of benzene rings is 2. The van der Waals surface area contributed by atoms with Gasteiger partial charge in [-0.15, -0.1) is 0 Å². The molecular formula is C28H31FN5O5+. The van der Waals surface area contributed by atoms with Gasteiger partial charge in [-0.3, -0.25) is 9.59 Å². The first-order valence-corrected chi connectivity index (χ1v) is 11.8. The van der Waals surface area contributed by atoms with Crippen LogP contribution in [0.2, 0.25) is 0 Å². The maximum atomic E-state index is 12.6. The Balaban J connectivity index is 0.000000290. The number of pyridine rings is 1. The van der Waals surface area contributed by atoms with E-state index in [2.05, 4.69) is 19.9 Å². The second-order valence-corrected chi connectivity index (χ2v) is 8.27. The molecule has 10 nitrogen and oxygen atoms in total. The van der Waals surface area contributed by atoms with Crippen LogP contribution in [0.3, 0.4) is 0 Å². The number of halogens is 1. The average molecular weight is 537 g/mol. The van der Waals surface area contributed by atoms with Crippen molar-refractivity contribution in [2.24, 2.45) is 0 Å². The number of methoxy groups -OCH3 is 1. The molecule has 204 valence electrons. The second kappa shape index (κ2) is 16.0. The third kappa shape index (κ3) is 11.3. The molecule has 3 amide bonds. The summed E-state index contributed by atoms with van der Waals surface area (Å²) in [6, 6.07) is 17.0. The van der Waals surface area contributed by atoms with Crippen molar-refractivity contribution >= 4 is 24.1 Å². The largest absolute Gasteiger partial charge is 0.469 e. The fourth-order valence-corrected chi connectivity index (χ4v) is 2.97. The van der Waals surface area contributed by atoms with Crippen molar-refractivity contribution in [3.05, 3.63) is 88.6 Å². The first kappa shape index (κ1) is 30.2. The zero-order valence-corrected chi connectivity index (χ0v) is 22.0. The number of nitrogens with zero attached hydrogens (tertiary/aromatic N) is 4. The Morgan fingerprint density at radius 3 is 2.36 bits per heavy atom. The Bertz CT molecular complexity index is 1250. The van der Waals surface area contributed by atoms with E-state index in [-0.39, 0.29) is 31.6 Å². The number of urea groups is 1. The van der Waals surface area contributed by atoms with Crippen molar-refractivity contribution in [2.75, 3.05) is 27.4 Å². The van der Waals surface area contributed by atoms with Crippen LogP contribution in [-0.2, 0) is 20.9 Å². The van der Waals surface area contributed by atoms with E-state index in [1.165, 1.54) is 29.0 Å². The first-order valence-electron chi connectivity index (χ1n) is 11.8. The Morgan fingerprint density at radius 1 is 1.10 bits per heavy atom. The van der Waals surface area contributed by atoms with Gasteiger partial charge in [0.1, 0.15) is 11.6 Å². The lowest BCUT2D eigenvalue weighted by atomic mass is 10.1. The van der Waals surface area contributed by atoms with Crippen molar-refractivity contribution in [3.63, 3.8) is 0 Å². The summed E-state index contributed by atoms with van der Waals surface area (Å²) in [5, 5.41) is 2.64. The lowest BCUT2D eigenvalue weighted by molar-refractivity contribution is -0.140. The van der Waals surface area contributed by atoms with Gasteiger partial charge < -0.3 is 24.6 Å². The van der Waals surface area contributed by atoms with Gasteiger partial charge in [-0.05, 0) is 35.5 Å². The van der Waals surface area contributed by atoms with E-state index in [4.69, 9.17) is 11.3 Å². The molecule has 11 heteroatoms. The Morgan fingerprint density at radius 2 is 1.79 bits per heavy atom. The SMILES string of the molecule is C#[N+]c1ccc(Oc2ccc(F)cn2)cc1.COC(=O)CCN(C)C(=O)NCN(C=O)Cc1ccc(C)cc1. The van der Waals surface area contributed by atoms with Crippen LogP contribution in [0, 0.1) is 19.3 Å². The highest BCUT2D eigenvalue weighted by molar-refractivity contribution is 5.75. The van der Waals surface area contributed by atoms with E-state index >= 15 is 0 Å². The molecule has 3 aromatic rings. The number of amides is 3. The van der Waals surface area contributed by atoms with Crippen LogP contribution in [0.1, 0.15) is 17.5 Å². The predicted octanol–water partition coefficient (Wildman–Crippen LogP) is 4.72. The number of carbonyl (C=O) groups is 3. The Kier molecular flexibility index (Phi) is 12.4. The van der Waals surface area contributed by atoms with Gasteiger partial charge in [0.15, 0.2) is 0 Å². The van der Waals surface area contributed by atoms with Crippen molar-refractivity contribution in [2.45, 2.75) is 19.9 Å². The van der Waals surface area contributed by atoms with Gasteiger partial charge in [0.25, 0.3) is 6.57 Å². The van der Waals surface area contributed by atoms with Gasteiger partial charge in [-0.1, -0.05) is 29.8 Å². The van der Waals surface area contributed by atoms with Crippen LogP contribution in [0.15, 0.2) is 66.9 Å². The van der Waals surface area contributed by atoms with Crippen LogP contribution >= 0.6 is 0 Å². The summed E-state index contributed by atoms with van der Waals surface area (Å²) in [4.78, 5) is 44.1.